The van der Waals surface area contributed by atoms with Gasteiger partial charge < -0.3 is 35.0 Å². The molecule has 0 aliphatic rings. The molecule has 12 nitrogen and oxygen atoms in total. The van der Waals surface area contributed by atoms with Crippen LogP contribution in [0.3, 0.4) is 0 Å². The van der Waals surface area contributed by atoms with Crippen molar-refractivity contribution in [3.05, 3.63) is 44.4 Å². The first-order valence-corrected chi connectivity index (χ1v) is 5.18. The maximum atomic E-state index is 10.4. The van der Waals surface area contributed by atoms with Crippen LogP contribution in [0.1, 0.15) is 21.0 Å². The molecular formula is C10H4CuN4O8-4. The van der Waals surface area contributed by atoms with Crippen molar-refractivity contribution in [2.75, 3.05) is 0 Å². The molecule has 0 saturated heterocycles. The van der Waals surface area contributed by atoms with Crippen molar-refractivity contribution in [2.24, 2.45) is 0 Å². The van der Waals surface area contributed by atoms with Crippen LogP contribution in [0.15, 0.2) is 21.7 Å². The van der Waals surface area contributed by atoms with Crippen LogP contribution in [0.4, 0.5) is 0 Å². The summed E-state index contributed by atoms with van der Waals surface area (Å²) < 4.78 is 0. The van der Waals surface area contributed by atoms with Crippen molar-refractivity contribution in [1.29, 1.82) is 0 Å². The largest absolute Gasteiger partial charge is 0.859 e. The van der Waals surface area contributed by atoms with Crippen LogP contribution in [0.2, 0.25) is 0 Å². The van der Waals surface area contributed by atoms with E-state index in [2.05, 4.69) is 9.97 Å². The Morgan fingerprint density at radius 3 is 2.00 bits per heavy atom. The molecule has 0 fully saturated rings. The summed E-state index contributed by atoms with van der Waals surface area (Å²) in [6.07, 6.45) is 0. The summed E-state index contributed by atoms with van der Waals surface area (Å²) in [5, 5.41) is 40.8. The Balaban J connectivity index is 0.000000403. The third-order valence-corrected chi connectivity index (χ3v) is 1.87. The number of aromatic amines is 2. The third kappa shape index (κ3) is 6.41. The summed E-state index contributed by atoms with van der Waals surface area (Å²) >= 11 is 0. The summed E-state index contributed by atoms with van der Waals surface area (Å²) in [5.74, 6) is -4.18. The van der Waals surface area contributed by atoms with Crippen LogP contribution in [0, 0.1) is 0 Å². The fraction of sp³-hybridized carbons (Fsp3) is 0. The van der Waals surface area contributed by atoms with Crippen molar-refractivity contribution in [3.63, 3.8) is 0 Å². The number of nitrogens with zero attached hydrogens (tertiary/aromatic N) is 2. The monoisotopic (exact) mass is 371 g/mol. The maximum Gasteiger partial charge on any atom is 0.326 e. The second-order valence-electron chi connectivity index (χ2n) is 3.45. The summed E-state index contributed by atoms with van der Waals surface area (Å²) in [4.78, 5) is 50.3. The summed E-state index contributed by atoms with van der Waals surface area (Å²) in [6.45, 7) is 0. The molecule has 2 heterocycles. The number of aromatic nitrogens is 4. The molecule has 2 aromatic heterocycles. The Morgan fingerprint density at radius 2 is 1.57 bits per heavy atom. The number of aromatic carboxylic acids is 2. The smallest absolute Gasteiger partial charge is 0.326 e. The number of H-pyrrole nitrogens is 2. The Kier molecular flexibility index (Phi) is 7.16. The SMILES string of the molecule is O=C([O-])c1cc(=O)[nH]c(=O)[nH]1.O=C([O-])c1cc([O-])nc([O-])n1.[Cu]. The van der Waals surface area contributed by atoms with Crippen molar-refractivity contribution in [1.82, 2.24) is 19.9 Å². The van der Waals surface area contributed by atoms with Crippen LogP contribution in [-0.2, 0) is 17.1 Å². The van der Waals surface area contributed by atoms with E-state index in [0.717, 1.165) is 6.07 Å². The van der Waals surface area contributed by atoms with Gasteiger partial charge in [0.1, 0.15) is 0 Å². The van der Waals surface area contributed by atoms with E-state index in [1.54, 1.807) is 0 Å². The number of carboxylic acids is 2. The van der Waals surface area contributed by atoms with E-state index >= 15 is 0 Å². The molecule has 0 bridgehead atoms. The summed E-state index contributed by atoms with van der Waals surface area (Å²) in [6, 6.07) is 0.240. The van der Waals surface area contributed by atoms with Crippen molar-refractivity contribution in [3.8, 4) is 11.9 Å². The van der Waals surface area contributed by atoms with E-state index in [-0.39, 0.29) is 17.1 Å². The normalized spacial score (nSPS) is 9.04. The molecule has 0 atom stereocenters. The van der Waals surface area contributed by atoms with Crippen LogP contribution in [-0.4, -0.2) is 31.9 Å². The number of carboxylic acid groups (broad SMARTS) is 2. The minimum absolute atomic E-state index is 0. The number of rotatable bonds is 2. The first kappa shape index (κ1) is 19.8. The molecule has 0 unspecified atom stereocenters. The molecule has 0 spiro atoms. The number of nitrogens with one attached hydrogen (secondary N) is 2. The second kappa shape index (κ2) is 8.31. The van der Waals surface area contributed by atoms with Crippen LogP contribution < -0.4 is 31.7 Å². The predicted octanol–water partition coefficient (Wildman–Crippen LogP) is -5.59. The van der Waals surface area contributed by atoms with Gasteiger partial charge in [-0.3, -0.25) is 14.8 Å². The molecule has 0 aliphatic carbocycles. The molecule has 2 aromatic rings. The van der Waals surface area contributed by atoms with Crippen molar-refractivity contribution < 1.29 is 47.1 Å². The average Bonchev–Trinajstić information content (AvgIpc) is 2.37. The molecular weight excluding hydrogens is 368 g/mol. The van der Waals surface area contributed by atoms with Gasteiger partial charge in [0, 0.05) is 23.1 Å². The Bertz CT molecular complexity index is 782. The summed E-state index contributed by atoms with van der Waals surface area (Å²) in [7, 11) is 0. The Hall–Kier alpha value is -3.18. The predicted molar refractivity (Wildman–Crippen MR) is 57.3 cm³/mol. The van der Waals surface area contributed by atoms with E-state index in [9.17, 15) is 39.6 Å². The molecule has 0 aliphatic heterocycles. The molecule has 13 heteroatoms. The molecule has 2 N–H and O–H groups in total. The number of carbonyl (C=O) groups is 2. The van der Waals surface area contributed by atoms with Crippen LogP contribution in [0.25, 0.3) is 0 Å². The molecule has 127 valence electrons. The topological polar surface area (TPSA) is 218 Å². The van der Waals surface area contributed by atoms with Gasteiger partial charge in [0.2, 0.25) is 0 Å². The number of hydrogen-bond acceptors (Lipinski definition) is 10. The van der Waals surface area contributed by atoms with E-state index in [0.29, 0.717) is 6.07 Å². The minimum Gasteiger partial charge on any atom is -0.859 e. The first-order chi connectivity index (χ1) is 10.2. The zero-order chi connectivity index (χ0) is 16.9. The van der Waals surface area contributed by atoms with E-state index in [4.69, 9.17) is 0 Å². The van der Waals surface area contributed by atoms with E-state index in [1.165, 1.54) is 0 Å². The van der Waals surface area contributed by atoms with Gasteiger partial charge in [-0.05, 0) is 11.9 Å². The zero-order valence-electron chi connectivity index (χ0n) is 10.6. The van der Waals surface area contributed by atoms with Gasteiger partial charge in [-0.15, -0.1) is 0 Å². The Morgan fingerprint density at radius 1 is 0.957 bits per heavy atom. The molecule has 0 amide bonds. The maximum absolute atomic E-state index is 10.4. The van der Waals surface area contributed by atoms with Gasteiger partial charge in [0.05, 0.1) is 29.3 Å². The van der Waals surface area contributed by atoms with Crippen molar-refractivity contribution >= 4 is 11.9 Å². The quantitative estimate of drug-likeness (QED) is 0.476. The van der Waals surface area contributed by atoms with E-state index < -0.39 is 46.5 Å². The van der Waals surface area contributed by atoms with E-state index in [1.807, 2.05) is 9.97 Å². The fourth-order valence-corrected chi connectivity index (χ4v) is 1.09. The van der Waals surface area contributed by atoms with Gasteiger partial charge in [0.15, 0.2) is 0 Å². The Labute approximate surface area is 136 Å². The molecule has 2 rings (SSSR count). The summed E-state index contributed by atoms with van der Waals surface area (Å²) in [5.41, 5.74) is -2.85. The van der Waals surface area contributed by atoms with Gasteiger partial charge in [0.25, 0.3) is 5.56 Å². The molecule has 0 saturated carbocycles. The molecule has 1 radical (unpaired) electrons. The van der Waals surface area contributed by atoms with Gasteiger partial charge in [-0.25, -0.2) is 9.78 Å². The van der Waals surface area contributed by atoms with Gasteiger partial charge in [-0.1, -0.05) is 0 Å². The van der Waals surface area contributed by atoms with Crippen LogP contribution >= 0.6 is 0 Å². The van der Waals surface area contributed by atoms with Crippen molar-refractivity contribution in [2.45, 2.75) is 0 Å². The van der Waals surface area contributed by atoms with Gasteiger partial charge >= 0.3 is 5.69 Å². The van der Waals surface area contributed by atoms with Gasteiger partial charge in [-0.2, -0.15) is 0 Å². The third-order valence-electron chi connectivity index (χ3n) is 1.87. The minimum atomic E-state index is -1.67. The number of hydrogen-bond donors (Lipinski definition) is 2. The molecule has 23 heavy (non-hydrogen) atoms. The fourth-order valence-electron chi connectivity index (χ4n) is 1.09. The number of carbonyl (C=O) groups excluding carboxylic acids is 2. The average molecular weight is 372 g/mol. The standard InChI is InChI=1S/2C5H4N2O4.Cu/c2*8-3-1-2(4(9)10)6-5(11)7-3;/h2*1H,(H,9,10)(H2,6,7,8,11);/p-4. The van der Waals surface area contributed by atoms with Crippen LogP contribution in [0.5, 0.6) is 11.9 Å². The second-order valence-corrected chi connectivity index (χ2v) is 3.45. The zero-order valence-corrected chi connectivity index (χ0v) is 11.6. The first-order valence-electron chi connectivity index (χ1n) is 5.18. The molecule has 0 aromatic carbocycles.